The lowest BCUT2D eigenvalue weighted by atomic mass is 10.0. The number of para-hydroxylation sites is 1. The summed E-state index contributed by atoms with van der Waals surface area (Å²) in [5.41, 5.74) is 3.53. The molecule has 1 N–H and O–H groups in total. The number of nitrogens with one attached hydrogen (secondary N) is 1. The Bertz CT molecular complexity index is 904. The molecule has 31 heavy (non-hydrogen) atoms. The summed E-state index contributed by atoms with van der Waals surface area (Å²) in [4.78, 5) is 24.4. The number of methoxy groups -OCH3 is 3. The van der Waals surface area contributed by atoms with E-state index in [1.165, 1.54) is 27.4 Å². The quantitative estimate of drug-likeness (QED) is 0.455. The Hall–Kier alpha value is -3.48. The van der Waals surface area contributed by atoms with E-state index in [0.29, 0.717) is 22.8 Å². The van der Waals surface area contributed by atoms with Crippen molar-refractivity contribution in [3.8, 4) is 17.2 Å². The minimum Gasteiger partial charge on any atom is -0.493 e. The van der Waals surface area contributed by atoms with Gasteiger partial charge in [0.05, 0.1) is 21.3 Å². The van der Waals surface area contributed by atoms with E-state index in [1.807, 2.05) is 32.0 Å². The Morgan fingerprint density at radius 1 is 0.935 bits per heavy atom. The molecular weight excluding hydrogens is 398 g/mol. The van der Waals surface area contributed by atoms with Crippen molar-refractivity contribution in [3.05, 3.63) is 53.1 Å². The summed E-state index contributed by atoms with van der Waals surface area (Å²) in [7, 11) is 4.54. The monoisotopic (exact) mass is 427 g/mol. The van der Waals surface area contributed by atoms with E-state index in [9.17, 15) is 9.59 Å². The fourth-order valence-electron chi connectivity index (χ4n) is 3.13. The Morgan fingerprint density at radius 3 is 2.00 bits per heavy atom. The summed E-state index contributed by atoms with van der Waals surface area (Å²) >= 11 is 0. The van der Waals surface area contributed by atoms with E-state index in [-0.39, 0.29) is 12.5 Å². The molecule has 0 spiro atoms. The highest BCUT2D eigenvalue weighted by Gasteiger charge is 2.13. The van der Waals surface area contributed by atoms with E-state index in [4.69, 9.17) is 18.9 Å². The van der Waals surface area contributed by atoms with Crippen LogP contribution in [0.25, 0.3) is 6.08 Å². The van der Waals surface area contributed by atoms with Gasteiger partial charge in [0.15, 0.2) is 18.1 Å². The number of ether oxygens (including phenoxy) is 4. The van der Waals surface area contributed by atoms with Crippen LogP contribution in [0.4, 0.5) is 5.69 Å². The van der Waals surface area contributed by atoms with Crippen LogP contribution in [0.15, 0.2) is 36.4 Å². The van der Waals surface area contributed by atoms with Gasteiger partial charge in [0.2, 0.25) is 5.75 Å². The van der Waals surface area contributed by atoms with Gasteiger partial charge < -0.3 is 24.3 Å². The molecule has 0 radical (unpaired) electrons. The first kappa shape index (κ1) is 23.8. The third kappa shape index (κ3) is 6.25. The fourth-order valence-corrected chi connectivity index (χ4v) is 3.13. The molecule has 0 aliphatic heterocycles. The summed E-state index contributed by atoms with van der Waals surface area (Å²) in [6, 6.07) is 9.32. The lowest BCUT2D eigenvalue weighted by molar-refractivity contribution is -0.142. The largest absolute Gasteiger partial charge is 0.493 e. The molecule has 2 aromatic carbocycles. The molecule has 0 saturated heterocycles. The molecule has 0 aliphatic rings. The Balaban J connectivity index is 2.01. The number of carbonyl (C=O) groups is 2. The average Bonchev–Trinajstić information content (AvgIpc) is 2.80. The standard InChI is InChI=1S/C24H29NO6/c1-6-17-9-8-10-18(7-2)23(17)25-21(26)15-31-22(27)12-11-16-13-19(28-3)24(30-5)20(14-16)29-4/h8-14H,6-7,15H2,1-5H3,(H,25,26). The Morgan fingerprint density at radius 2 is 1.52 bits per heavy atom. The van der Waals surface area contributed by atoms with Crippen molar-refractivity contribution in [1.82, 2.24) is 0 Å². The number of benzene rings is 2. The van der Waals surface area contributed by atoms with Crippen molar-refractivity contribution in [2.45, 2.75) is 26.7 Å². The number of anilines is 1. The van der Waals surface area contributed by atoms with Crippen LogP contribution in [0.2, 0.25) is 0 Å². The van der Waals surface area contributed by atoms with E-state index < -0.39 is 5.97 Å². The Labute approximate surface area is 183 Å². The molecule has 0 aliphatic carbocycles. The lowest BCUT2D eigenvalue weighted by Gasteiger charge is -2.14. The summed E-state index contributed by atoms with van der Waals surface area (Å²) in [5, 5.41) is 2.87. The topological polar surface area (TPSA) is 83.1 Å². The van der Waals surface area contributed by atoms with Gasteiger partial charge in [-0.1, -0.05) is 32.0 Å². The van der Waals surface area contributed by atoms with Crippen LogP contribution in [0.3, 0.4) is 0 Å². The minimum absolute atomic E-state index is 0.375. The molecule has 0 atom stereocenters. The smallest absolute Gasteiger partial charge is 0.331 e. The highest BCUT2D eigenvalue weighted by molar-refractivity contribution is 5.95. The maximum atomic E-state index is 12.3. The van der Waals surface area contributed by atoms with Gasteiger partial charge in [0, 0.05) is 11.8 Å². The van der Waals surface area contributed by atoms with Crippen molar-refractivity contribution >= 4 is 23.6 Å². The third-order valence-corrected chi connectivity index (χ3v) is 4.71. The first-order chi connectivity index (χ1) is 15.0. The maximum Gasteiger partial charge on any atom is 0.331 e. The van der Waals surface area contributed by atoms with Crippen molar-refractivity contribution in [2.75, 3.05) is 33.3 Å². The van der Waals surface area contributed by atoms with Gasteiger partial charge in [-0.2, -0.15) is 0 Å². The number of amides is 1. The van der Waals surface area contributed by atoms with Gasteiger partial charge in [-0.05, 0) is 47.7 Å². The average molecular weight is 427 g/mol. The second-order valence-electron chi connectivity index (χ2n) is 6.61. The van der Waals surface area contributed by atoms with Crippen LogP contribution in [-0.4, -0.2) is 39.8 Å². The molecule has 0 saturated carbocycles. The SMILES string of the molecule is CCc1cccc(CC)c1NC(=O)COC(=O)C=Cc1cc(OC)c(OC)c(OC)c1. The maximum absolute atomic E-state index is 12.3. The normalized spacial score (nSPS) is 10.6. The lowest BCUT2D eigenvalue weighted by Crippen LogP contribution is -2.21. The molecule has 0 aromatic heterocycles. The molecule has 1 amide bonds. The summed E-state index contributed by atoms with van der Waals surface area (Å²) in [6.07, 6.45) is 4.37. The zero-order valence-corrected chi connectivity index (χ0v) is 18.6. The zero-order valence-electron chi connectivity index (χ0n) is 18.6. The van der Waals surface area contributed by atoms with Crippen LogP contribution in [0.5, 0.6) is 17.2 Å². The molecule has 7 nitrogen and oxygen atoms in total. The van der Waals surface area contributed by atoms with Gasteiger partial charge in [-0.3, -0.25) is 4.79 Å². The van der Waals surface area contributed by atoms with Crippen LogP contribution in [0, 0.1) is 0 Å². The molecule has 2 rings (SSSR count). The molecule has 0 heterocycles. The van der Waals surface area contributed by atoms with Gasteiger partial charge >= 0.3 is 5.97 Å². The van der Waals surface area contributed by atoms with Crippen LogP contribution in [-0.2, 0) is 27.2 Å². The summed E-state index contributed by atoms with van der Waals surface area (Å²) in [6.45, 7) is 3.68. The molecular formula is C24H29NO6. The van der Waals surface area contributed by atoms with Crippen molar-refractivity contribution in [2.24, 2.45) is 0 Å². The van der Waals surface area contributed by atoms with Crippen LogP contribution >= 0.6 is 0 Å². The highest BCUT2D eigenvalue weighted by Crippen LogP contribution is 2.38. The second-order valence-corrected chi connectivity index (χ2v) is 6.61. The summed E-state index contributed by atoms with van der Waals surface area (Å²) < 4.78 is 20.9. The zero-order chi connectivity index (χ0) is 22.8. The van der Waals surface area contributed by atoms with E-state index in [2.05, 4.69) is 5.32 Å². The molecule has 166 valence electrons. The van der Waals surface area contributed by atoms with Gasteiger partial charge in [-0.25, -0.2) is 4.79 Å². The Kier molecular flexibility index (Phi) is 8.94. The number of aryl methyl sites for hydroxylation is 2. The van der Waals surface area contributed by atoms with Crippen LogP contribution < -0.4 is 19.5 Å². The van der Waals surface area contributed by atoms with E-state index in [1.54, 1.807) is 18.2 Å². The molecule has 7 heteroatoms. The second kappa shape index (κ2) is 11.6. The predicted octanol–water partition coefficient (Wildman–Crippen LogP) is 4.03. The number of hydrogen-bond acceptors (Lipinski definition) is 6. The molecule has 0 bridgehead atoms. The fraction of sp³-hybridized carbons (Fsp3) is 0.333. The molecule has 0 fully saturated rings. The summed E-state index contributed by atoms with van der Waals surface area (Å²) in [5.74, 6) is 0.375. The van der Waals surface area contributed by atoms with E-state index >= 15 is 0 Å². The first-order valence-corrected chi connectivity index (χ1v) is 10.0. The van der Waals surface area contributed by atoms with Crippen molar-refractivity contribution in [1.29, 1.82) is 0 Å². The van der Waals surface area contributed by atoms with Crippen molar-refractivity contribution < 1.29 is 28.5 Å². The minimum atomic E-state index is -0.636. The van der Waals surface area contributed by atoms with Gasteiger partial charge in [0.1, 0.15) is 0 Å². The molecule has 0 unspecified atom stereocenters. The van der Waals surface area contributed by atoms with Gasteiger partial charge in [0.25, 0.3) is 5.91 Å². The van der Waals surface area contributed by atoms with E-state index in [0.717, 1.165) is 29.7 Å². The van der Waals surface area contributed by atoms with Gasteiger partial charge in [-0.15, -0.1) is 0 Å². The predicted molar refractivity (Wildman–Crippen MR) is 120 cm³/mol. The first-order valence-electron chi connectivity index (χ1n) is 10.0. The highest BCUT2D eigenvalue weighted by atomic mass is 16.5. The number of rotatable bonds is 10. The number of carbonyl (C=O) groups excluding carboxylic acids is 2. The van der Waals surface area contributed by atoms with Crippen LogP contribution in [0.1, 0.15) is 30.5 Å². The third-order valence-electron chi connectivity index (χ3n) is 4.71. The number of esters is 1. The molecule has 2 aromatic rings. The van der Waals surface area contributed by atoms with Crippen molar-refractivity contribution in [3.63, 3.8) is 0 Å². The number of hydrogen-bond donors (Lipinski definition) is 1.